The van der Waals surface area contributed by atoms with Crippen LogP contribution in [0.4, 0.5) is 0 Å². The number of aliphatic hydroxyl groups excluding tert-OH is 5. The molecule has 0 radical (unpaired) electrons. The highest BCUT2D eigenvalue weighted by molar-refractivity contribution is 7.84. The third-order valence-corrected chi connectivity index (χ3v) is 12.8. The van der Waals surface area contributed by atoms with Crippen molar-refractivity contribution in [2.24, 2.45) is 0 Å². The summed E-state index contributed by atoms with van der Waals surface area (Å²) in [7, 11) is -33.4. The van der Waals surface area contributed by atoms with Gasteiger partial charge in [0.05, 0.1) is 13.2 Å². The van der Waals surface area contributed by atoms with Crippen molar-refractivity contribution in [2.45, 2.75) is 123 Å². The molecule has 422 valence electrons. The number of carboxylic acids is 2. The minimum absolute atomic E-state index is 0.756. The third-order valence-electron chi connectivity index (χ3n) is 9.84. The van der Waals surface area contributed by atoms with Crippen molar-refractivity contribution >= 4 is 74.1 Å². The highest BCUT2D eigenvalue weighted by Crippen LogP contribution is 2.37. The molecule has 0 spiro atoms. The molecule has 47 heteroatoms. The van der Waals surface area contributed by atoms with Gasteiger partial charge >= 0.3 is 74.1 Å². The lowest BCUT2D eigenvalue weighted by Crippen LogP contribution is -2.70. The molecule has 0 amide bonds. The number of aliphatic carboxylic acids is 2. The number of rotatable bonds is 23. The van der Waals surface area contributed by atoms with E-state index < -0.39 is 210 Å². The maximum Gasteiger partial charge on any atom is 0.397 e. The van der Waals surface area contributed by atoms with Gasteiger partial charge in [-0.15, -0.1) is 0 Å². The minimum atomic E-state index is -6.02. The van der Waals surface area contributed by atoms with E-state index in [2.05, 4.69) is 16.7 Å². The van der Waals surface area contributed by atoms with Crippen molar-refractivity contribution in [3.63, 3.8) is 0 Å². The lowest BCUT2D eigenvalue weighted by atomic mass is 9.94. The van der Waals surface area contributed by atoms with Gasteiger partial charge in [0.15, 0.2) is 49.6 Å². The first-order valence-corrected chi connectivity index (χ1v) is 27.0. The van der Waals surface area contributed by atoms with Crippen LogP contribution in [0.3, 0.4) is 0 Å². The third kappa shape index (κ3) is 17.3. The van der Waals surface area contributed by atoms with Gasteiger partial charge in [0, 0.05) is 7.11 Å². The van der Waals surface area contributed by atoms with Crippen LogP contribution in [0.2, 0.25) is 0 Å². The van der Waals surface area contributed by atoms with Crippen molar-refractivity contribution in [1.29, 1.82) is 0 Å². The predicted molar refractivity (Wildman–Crippen MR) is 206 cm³/mol. The number of methoxy groups -OCH3 is 1. The van der Waals surface area contributed by atoms with Crippen LogP contribution in [0.15, 0.2) is 0 Å². The van der Waals surface area contributed by atoms with Crippen LogP contribution in [0.5, 0.6) is 0 Å². The van der Waals surface area contributed by atoms with Gasteiger partial charge in [-0.3, -0.25) is 27.3 Å². The lowest BCUT2D eigenvalue weighted by Gasteiger charge is -2.49. The summed E-state index contributed by atoms with van der Waals surface area (Å²) in [5, 5.41) is 75.2. The van der Waals surface area contributed by atoms with E-state index in [1.165, 1.54) is 9.44 Å². The Morgan fingerprint density at radius 1 is 0.458 bits per heavy atom. The van der Waals surface area contributed by atoms with Crippen LogP contribution in [0.25, 0.3) is 0 Å². The van der Waals surface area contributed by atoms with Gasteiger partial charge in [-0.2, -0.15) is 60.0 Å². The van der Waals surface area contributed by atoms with Gasteiger partial charge in [0.1, 0.15) is 73.1 Å². The lowest BCUT2D eigenvalue weighted by molar-refractivity contribution is -0.367. The zero-order valence-corrected chi connectivity index (χ0v) is 39.7. The van der Waals surface area contributed by atoms with E-state index in [0.29, 0.717) is 0 Å². The molecule has 4 aliphatic heterocycles. The summed E-state index contributed by atoms with van der Waals surface area (Å²) in [6, 6.07) is -5.33. The van der Waals surface area contributed by atoms with Crippen LogP contribution in [0, 0.1) is 0 Å². The fourth-order valence-corrected chi connectivity index (χ4v) is 9.89. The molecule has 9 unspecified atom stereocenters. The topological polar surface area (TPSA) is 637 Å². The minimum Gasteiger partial charge on any atom is -0.479 e. The van der Waals surface area contributed by atoms with Gasteiger partial charge in [0.2, 0.25) is 0 Å². The summed E-state index contributed by atoms with van der Waals surface area (Å²) in [6.07, 6.45) is -49.0. The second kappa shape index (κ2) is 23.5. The first kappa shape index (κ1) is 62.2. The van der Waals surface area contributed by atoms with Crippen molar-refractivity contribution < 1.29 is 178 Å². The number of ether oxygens (including phenoxy) is 8. The smallest absolute Gasteiger partial charge is 0.397 e. The monoisotopic (exact) mass is 1190 g/mol. The van der Waals surface area contributed by atoms with Crippen molar-refractivity contribution in [3.05, 3.63) is 0 Å². The molecule has 0 bridgehead atoms. The van der Waals surface area contributed by atoms with Gasteiger partial charge in [0.25, 0.3) is 0 Å². The Morgan fingerprint density at radius 3 is 1.19 bits per heavy atom. The van der Waals surface area contributed by atoms with Gasteiger partial charge in [-0.05, 0) is 0 Å². The molecule has 4 heterocycles. The molecular weight excluding hydrogens is 1140 g/mol. The second-order valence-electron chi connectivity index (χ2n) is 14.7. The Labute approximate surface area is 403 Å². The molecule has 0 saturated carbocycles. The molecule has 72 heavy (non-hydrogen) atoms. The first-order chi connectivity index (χ1) is 32.6. The molecule has 0 aromatic rings. The SMILES string of the molecule is COC1C(C(=O)O)O[C@@H](O[C@H]2C(COS(=O)(=O)O)O[C@@H](O[C@H]3C(C(=O)O)O[C@@H](O[C@@H]4C(COS(=O)(=O)O)O[C@H](O)C(NS(=O)(=O)O)[C@@H]4O)C(OS(=O)(=O)O)[C@@H]3O)C(NS(=O)(=O)O)[C@@H]2O)C(OS(=O)(=O)O)[C@@H]1O. The van der Waals surface area contributed by atoms with Crippen LogP contribution >= 0.6 is 0 Å². The fraction of sp³-hybridized carbons (Fsp3) is 0.920. The number of carboxylic acid groups (broad SMARTS) is 2. The van der Waals surface area contributed by atoms with Crippen molar-refractivity contribution in [1.82, 2.24) is 9.44 Å². The Bertz CT molecular complexity index is 2600. The molecule has 0 aliphatic carbocycles. The van der Waals surface area contributed by atoms with Gasteiger partial charge < -0.3 is 73.6 Å². The van der Waals surface area contributed by atoms with Crippen molar-refractivity contribution in [2.75, 3.05) is 20.3 Å². The predicted octanol–water partition coefficient (Wildman–Crippen LogP) is -10.8. The molecule has 4 fully saturated rings. The zero-order valence-electron chi connectivity index (χ0n) is 34.8. The summed E-state index contributed by atoms with van der Waals surface area (Å²) in [5.41, 5.74) is 0. The highest BCUT2D eigenvalue weighted by Gasteiger charge is 2.60. The van der Waals surface area contributed by atoms with E-state index in [1.54, 1.807) is 0 Å². The maximum absolute atomic E-state index is 12.7. The fourth-order valence-electron chi connectivity index (χ4n) is 7.11. The summed E-state index contributed by atoms with van der Waals surface area (Å²) >= 11 is 0. The van der Waals surface area contributed by atoms with E-state index in [4.69, 9.17) is 42.4 Å². The number of hydrogen-bond acceptors (Lipinski definition) is 31. The molecule has 20 atom stereocenters. The molecule has 0 aromatic carbocycles. The number of hydrogen-bond donors (Lipinski definition) is 15. The average Bonchev–Trinajstić information content (AvgIpc) is 3.19. The molecular formula is C25H42N2O39S6. The summed E-state index contributed by atoms with van der Waals surface area (Å²) in [6.45, 7) is -3.29. The molecule has 4 aliphatic rings. The summed E-state index contributed by atoms with van der Waals surface area (Å²) in [4.78, 5) is 24.8. The normalized spacial score (nSPS) is 38.8. The Hall–Kier alpha value is -2.36. The van der Waals surface area contributed by atoms with Crippen LogP contribution in [0.1, 0.15) is 0 Å². The van der Waals surface area contributed by atoms with E-state index >= 15 is 0 Å². The summed E-state index contributed by atoms with van der Waals surface area (Å²) < 4.78 is 259. The quantitative estimate of drug-likeness (QED) is 0.0423. The second-order valence-corrected chi connectivity index (χ2v) is 21.4. The van der Waals surface area contributed by atoms with Crippen LogP contribution in [-0.4, -0.2) is 269 Å². The van der Waals surface area contributed by atoms with Crippen molar-refractivity contribution in [3.8, 4) is 0 Å². The highest BCUT2D eigenvalue weighted by atomic mass is 32.3. The van der Waals surface area contributed by atoms with Gasteiger partial charge in [-0.1, -0.05) is 0 Å². The van der Waals surface area contributed by atoms with E-state index in [1.807, 2.05) is 0 Å². The maximum atomic E-state index is 12.7. The molecule has 4 saturated heterocycles. The number of nitrogens with one attached hydrogen (secondary N) is 2. The van der Waals surface area contributed by atoms with Crippen LogP contribution < -0.4 is 9.44 Å². The largest absolute Gasteiger partial charge is 0.479 e. The molecule has 41 nitrogen and oxygen atoms in total. The van der Waals surface area contributed by atoms with Gasteiger partial charge in [-0.25, -0.2) is 26.3 Å². The molecule has 4 rings (SSSR count). The van der Waals surface area contributed by atoms with E-state index in [9.17, 15) is 119 Å². The molecule has 15 N–H and O–H groups in total. The number of carbonyl (C=O) groups is 2. The Kier molecular flexibility index (Phi) is 20.3. The number of aliphatic hydroxyl groups is 5. The average molecular weight is 1190 g/mol. The summed E-state index contributed by atoms with van der Waals surface area (Å²) in [5.74, 6) is -4.39. The Balaban J connectivity index is 1.82. The standard InChI is InChI=1S/C25H42N2O39S6/c1-55-14-10(30)16(65-71(49,50)51)24(63-18(14)20(32)33)61-13-5(3-57-70(46,47)48)59-23(7(9(13)29)27-68(40,41)42)62-15-11(31)17(66-72(52,53)54)25(64-19(15)21(34)35)60-12-4(2-56-69(43,44)45)58-22(36)6(8(12)28)26-67(37,38)39/h4-19,22-31,36H,2-3H2,1H3,(H,32,33)(H,34,35)(H,37,38,39)(H,40,41,42)(H,43,44,45)(H,46,47,48)(H,49,50,51)(H,52,53,54)/t4?,5?,6?,7?,8-,9-,10+,11+,12+,13-,14?,15+,16?,17?,18?,19?,22-,23-,24+,25+/m0/s1. The molecule has 0 aromatic heterocycles. The Morgan fingerprint density at radius 2 is 0.819 bits per heavy atom. The zero-order chi connectivity index (χ0) is 55.0. The van der Waals surface area contributed by atoms with E-state index in [0.717, 1.165) is 7.11 Å². The van der Waals surface area contributed by atoms with Crippen LogP contribution in [-0.2, 0) is 126 Å². The van der Waals surface area contributed by atoms with E-state index in [-0.39, 0.29) is 0 Å². The first-order valence-electron chi connectivity index (χ1n) is 18.6.